The molecule has 0 bridgehead atoms. The lowest BCUT2D eigenvalue weighted by Crippen LogP contribution is -2.14. The highest BCUT2D eigenvalue weighted by Crippen LogP contribution is 2.15. The van der Waals surface area contributed by atoms with Crippen molar-refractivity contribution in [3.8, 4) is 0 Å². The molecule has 3 heteroatoms. The number of alkyl halides is 2. The minimum Gasteiger partial charge on any atom is -0.237 e. The second kappa shape index (κ2) is 5.33. The van der Waals surface area contributed by atoms with Crippen molar-refractivity contribution in [2.75, 3.05) is 6.61 Å². The third-order valence-corrected chi connectivity index (χ3v) is 2.44. The minimum absolute atomic E-state index is 0.0411. The molecular formula is C6H11Cl2O. The Morgan fingerprint density at radius 3 is 2.22 bits per heavy atom. The van der Waals surface area contributed by atoms with Gasteiger partial charge in [0.1, 0.15) is 0 Å². The van der Waals surface area contributed by atoms with Gasteiger partial charge in [-0.1, -0.05) is 6.92 Å². The molecule has 0 aromatic heterocycles. The first-order valence-electron chi connectivity index (χ1n) is 3.08. The van der Waals surface area contributed by atoms with Crippen LogP contribution in [0.4, 0.5) is 0 Å². The van der Waals surface area contributed by atoms with Gasteiger partial charge in [-0.15, -0.1) is 23.2 Å². The average molecular weight is 170 g/mol. The van der Waals surface area contributed by atoms with Crippen molar-refractivity contribution >= 4 is 23.2 Å². The highest BCUT2D eigenvalue weighted by atomic mass is 35.5. The molecule has 0 aliphatic rings. The summed E-state index contributed by atoms with van der Waals surface area (Å²) < 4.78 is 0. The van der Waals surface area contributed by atoms with E-state index in [0.29, 0.717) is 6.42 Å². The van der Waals surface area contributed by atoms with Crippen molar-refractivity contribution in [2.45, 2.75) is 30.5 Å². The third kappa shape index (κ3) is 4.01. The molecular weight excluding hydrogens is 159 g/mol. The molecule has 0 aliphatic carbocycles. The van der Waals surface area contributed by atoms with Crippen LogP contribution in [0.5, 0.6) is 0 Å². The summed E-state index contributed by atoms with van der Waals surface area (Å²) in [5, 5.41) is 9.83. The molecule has 0 spiro atoms. The van der Waals surface area contributed by atoms with Crippen LogP contribution in [0, 0.1) is 0 Å². The van der Waals surface area contributed by atoms with Gasteiger partial charge in [-0.25, -0.2) is 5.11 Å². The molecule has 55 valence electrons. The summed E-state index contributed by atoms with van der Waals surface area (Å²) in [6, 6.07) is 0. The number of halogens is 2. The summed E-state index contributed by atoms with van der Waals surface area (Å²) in [7, 11) is 0. The van der Waals surface area contributed by atoms with Crippen molar-refractivity contribution in [1.82, 2.24) is 0 Å². The molecule has 0 fully saturated rings. The van der Waals surface area contributed by atoms with E-state index in [0.717, 1.165) is 6.42 Å². The van der Waals surface area contributed by atoms with Gasteiger partial charge in [-0.05, 0) is 12.8 Å². The molecule has 0 aromatic carbocycles. The summed E-state index contributed by atoms with van der Waals surface area (Å²) in [5.74, 6) is 0. The first-order chi connectivity index (χ1) is 4.22. The van der Waals surface area contributed by atoms with Crippen LogP contribution in [0.3, 0.4) is 0 Å². The summed E-state index contributed by atoms with van der Waals surface area (Å²) in [6.45, 7) is 1.83. The van der Waals surface area contributed by atoms with E-state index >= 15 is 0 Å². The van der Waals surface area contributed by atoms with Gasteiger partial charge in [0.2, 0.25) is 0 Å². The number of rotatable bonds is 4. The monoisotopic (exact) mass is 169 g/mol. The van der Waals surface area contributed by atoms with Crippen LogP contribution in [0.1, 0.15) is 19.8 Å². The first kappa shape index (κ1) is 9.54. The van der Waals surface area contributed by atoms with Gasteiger partial charge in [-0.3, -0.25) is 0 Å². The summed E-state index contributed by atoms with van der Waals surface area (Å²) >= 11 is 11.4. The molecule has 1 radical (unpaired) electrons. The van der Waals surface area contributed by atoms with Crippen molar-refractivity contribution in [2.24, 2.45) is 0 Å². The second-order valence-electron chi connectivity index (χ2n) is 1.93. The predicted octanol–water partition coefficient (Wildman–Crippen LogP) is 2.43. The van der Waals surface area contributed by atoms with Gasteiger partial charge in [-0.2, -0.15) is 0 Å². The van der Waals surface area contributed by atoms with Crippen molar-refractivity contribution in [3.63, 3.8) is 0 Å². The zero-order chi connectivity index (χ0) is 7.28. The maximum absolute atomic E-state index is 10.0. The van der Waals surface area contributed by atoms with Crippen LogP contribution < -0.4 is 0 Å². The molecule has 0 heterocycles. The maximum Gasteiger partial charge on any atom is 0.0836 e. The van der Waals surface area contributed by atoms with Gasteiger partial charge in [0, 0.05) is 5.38 Å². The normalized spacial score (nSPS) is 17.3. The molecule has 0 saturated carbocycles. The highest BCUT2D eigenvalue weighted by Gasteiger charge is 2.13. The molecule has 0 aliphatic heterocycles. The molecule has 2 atom stereocenters. The summed E-state index contributed by atoms with van der Waals surface area (Å²) in [4.78, 5) is 0. The Bertz CT molecular complexity index is 68.1. The van der Waals surface area contributed by atoms with Crippen molar-refractivity contribution in [3.05, 3.63) is 0 Å². The van der Waals surface area contributed by atoms with Crippen LogP contribution in [-0.4, -0.2) is 17.4 Å². The van der Waals surface area contributed by atoms with Gasteiger partial charge in [0.15, 0.2) is 0 Å². The van der Waals surface area contributed by atoms with E-state index in [1.54, 1.807) is 0 Å². The first-order valence-corrected chi connectivity index (χ1v) is 3.95. The SMILES string of the molecule is CCC(Cl)C(Cl)CC[O]. The summed E-state index contributed by atoms with van der Waals surface area (Å²) in [5.41, 5.74) is 0. The molecule has 0 rings (SSSR count). The lowest BCUT2D eigenvalue weighted by molar-refractivity contribution is 0.187. The Morgan fingerprint density at radius 1 is 1.33 bits per heavy atom. The van der Waals surface area contributed by atoms with Crippen molar-refractivity contribution < 1.29 is 5.11 Å². The van der Waals surface area contributed by atoms with Crippen LogP contribution >= 0.6 is 23.2 Å². The molecule has 0 aromatic rings. The van der Waals surface area contributed by atoms with Gasteiger partial charge in [0.05, 0.1) is 12.0 Å². The number of hydrogen-bond acceptors (Lipinski definition) is 0. The van der Waals surface area contributed by atoms with Crippen LogP contribution in [-0.2, 0) is 5.11 Å². The van der Waals surface area contributed by atoms with Gasteiger partial charge >= 0.3 is 0 Å². The van der Waals surface area contributed by atoms with Crippen LogP contribution in [0.2, 0.25) is 0 Å². The Labute approximate surface area is 66.0 Å². The molecule has 0 N–H and O–H groups in total. The van der Waals surface area contributed by atoms with E-state index in [1.807, 2.05) is 6.92 Å². The van der Waals surface area contributed by atoms with Gasteiger partial charge in [0.25, 0.3) is 0 Å². The van der Waals surface area contributed by atoms with Gasteiger partial charge < -0.3 is 0 Å². The van der Waals surface area contributed by atoms with Crippen LogP contribution in [0.25, 0.3) is 0 Å². The quantitative estimate of drug-likeness (QED) is 0.577. The maximum atomic E-state index is 10.0. The van der Waals surface area contributed by atoms with E-state index in [1.165, 1.54) is 0 Å². The third-order valence-electron chi connectivity index (χ3n) is 1.18. The standard InChI is InChI=1S/C6H11Cl2O/c1-2-5(7)6(8)3-4-9/h5-6H,2-4H2,1H3. The molecule has 1 nitrogen and oxygen atoms in total. The van der Waals surface area contributed by atoms with Crippen molar-refractivity contribution in [1.29, 1.82) is 0 Å². The fourth-order valence-electron chi connectivity index (χ4n) is 0.549. The fourth-order valence-corrected chi connectivity index (χ4v) is 0.942. The highest BCUT2D eigenvalue weighted by molar-refractivity contribution is 6.29. The van der Waals surface area contributed by atoms with E-state index < -0.39 is 0 Å². The average Bonchev–Trinajstić information content (AvgIpc) is 1.87. The Hall–Kier alpha value is 0.540. The lowest BCUT2D eigenvalue weighted by atomic mass is 10.2. The lowest BCUT2D eigenvalue weighted by Gasteiger charge is -2.10. The second-order valence-corrected chi connectivity index (χ2v) is 3.05. The molecule has 0 amide bonds. The topological polar surface area (TPSA) is 19.9 Å². The fraction of sp³-hybridized carbons (Fsp3) is 1.00. The Morgan fingerprint density at radius 2 is 1.89 bits per heavy atom. The minimum atomic E-state index is -0.144. The Balaban J connectivity index is 3.32. The molecule has 2 unspecified atom stereocenters. The number of hydrogen-bond donors (Lipinski definition) is 0. The van der Waals surface area contributed by atoms with E-state index in [2.05, 4.69) is 0 Å². The zero-order valence-corrected chi connectivity index (χ0v) is 6.95. The largest absolute Gasteiger partial charge is 0.237 e. The van der Waals surface area contributed by atoms with E-state index in [9.17, 15) is 5.11 Å². The van der Waals surface area contributed by atoms with E-state index in [4.69, 9.17) is 23.2 Å². The predicted molar refractivity (Wildman–Crippen MR) is 39.7 cm³/mol. The molecule has 0 saturated heterocycles. The Kier molecular flexibility index (Phi) is 5.65. The zero-order valence-electron chi connectivity index (χ0n) is 5.44. The van der Waals surface area contributed by atoms with E-state index in [-0.39, 0.29) is 17.4 Å². The smallest absolute Gasteiger partial charge is 0.0836 e. The summed E-state index contributed by atoms with van der Waals surface area (Å²) in [6.07, 6.45) is 1.30. The molecule has 9 heavy (non-hydrogen) atoms. The van der Waals surface area contributed by atoms with Crippen LogP contribution in [0.15, 0.2) is 0 Å².